The molecule has 104 valence electrons. The van der Waals surface area contributed by atoms with Crippen molar-refractivity contribution in [1.29, 1.82) is 0 Å². The van der Waals surface area contributed by atoms with Crippen molar-refractivity contribution < 1.29 is 0 Å². The van der Waals surface area contributed by atoms with Gasteiger partial charge in [-0.3, -0.25) is 0 Å². The van der Waals surface area contributed by atoms with Crippen LogP contribution in [-0.2, 0) is 4.25 Å². The first-order chi connectivity index (χ1) is 10.9. The molecule has 3 aliphatic rings. The van der Waals surface area contributed by atoms with E-state index in [0.717, 1.165) is 0 Å². The molecule has 6 rings (SSSR count). The molecule has 0 heterocycles. The Kier molecular flexibility index (Phi) is 2.65. The molecule has 0 unspecified atom stereocenters. The van der Waals surface area contributed by atoms with Gasteiger partial charge in [-0.25, -0.2) is 0 Å². The van der Waals surface area contributed by atoms with E-state index in [-0.39, 0.29) is 4.25 Å². The van der Waals surface area contributed by atoms with Crippen molar-refractivity contribution in [3.05, 3.63) is 106 Å². The van der Waals surface area contributed by atoms with E-state index in [9.17, 15) is 0 Å². The summed E-state index contributed by atoms with van der Waals surface area (Å²) in [6.45, 7) is 0. The third kappa shape index (κ3) is 1.36. The molecule has 3 aromatic rings. The molecular formula is C20H13ClGe. The average Bonchev–Trinajstić information content (AvgIpc) is 2.61. The van der Waals surface area contributed by atoms with Gasteiger partial charge in [-0.2, -0.15) is 0 Å². The van der Waals surface area contributed by atoms with Crippen LogP contribution in [0.3, 0.4) is 0 Å². The van der Waals surface area contributed by atoms with Gasteiger partial charge in [0.25, 0.3) is 0 Å². The molecule has 2 heteroatoms. The van der Waals surface area contributed by atoms with Crippen LogP contribution in [0.25, 0.3) is 0 Å². The van der Waals surface area contributed by atoms with Gasteiger partial charge >= 0.3 is 141 Å². The monoisotopic (exact) mass is 362 g/mol. The summed E-state index contributed by atoms with van der Waals surface area (Å²) in [5, 5.41) is 0. The van der Waals surface area contributed by atoms with E-state index in [1.807, 2.05) is 0 Å². The minimum atomic E-state index is -0.712. The van der Waals surface area contributed by atoms with Crippen molar-refractivity contribution in [1.82, 2.24) is 0 Å². The van der Waals surface area contributed by atoms with Crippen LogP contribution in [0.4, 0.5) is 0 Å². The fourth-order valence-electron chi connectivity index (χ4n) is 4.36. The fraction of sp³-hybridized carbons (Fsp3) is 0.100. The van der Waals surface area contributed by atoms with Crippen LogP contribution in [0.5, 0.6) is 0 Å². The van der Waals surface area contributed by atoms with E-state index in [0.29, 0.717) is 5.92 Å². The van der Waals surface area contributed by atoms with Gasteiger partial charge in [-0.05, 0) is 0 Å². The Balaban J connectivity index is 2.00. The molecule has 0 spiro atoms. The van der Waals surface area contributed by atoms with E-state index >= 15 is 0 Å². The van der Waals surface area contributed by atoms with Crippen LogP contribution in [-0.4, -0.2) is 14.5 Å². The van der Waals surface area contributed by atoms with E-state index in [4.69, 9.17) is 10.0 Å². The van der Waals surface area contributed by atoms with E-state index in [2.05, 4.69) is 72.8 Å². The van der Waals surface area contributed by atoms with Crippen LogP contribution in [0.1, 0.15) is 39.3 Å². The van der Waals surface area contributed by atoms with Gasteiger partial charge in [-0.15, -0.1) is 0 Å². The molecule has 0 atom stereocenters. The number of benzene rings is 3. The predicted octanol–water partition coefficient (Wildman–Crippen LogP) is 4.64. The Labute approximate surface area is 140 Å². The summed E-state index contributed by atoms with van der Waals surface area (Å²) in [4.78, 5) is 0. The van der Waals surface area contributed by atoms with Gasteiger partial charge in [0.05, 0.1) is 0 Å². The second-order valence-electron chi connectivity index (χ2n) is 6.04. The van der Waals surface area contributed by atoms with E-state index in [1.54, 1.807) is 0 Å². The van der Waals surface area contributed by atoms with Gasteiger partial charge in [0, 0.05) is 0 Å². The van der Waals surface area contributed by atoms with Gasteiger partial charge in [0.15, 0.2) is 0 Å². The zero-order valence-electron chi connectivity index (χ0n) is 11.9. The summed E-state index contributed by atoms with van der Waals surface area (Å²) >= 11 is -0.712. The third-order valence-electron chi connectivity index (χ3n) is 5.17. The number of halogens is 1. The summed E-state index contributed by atoms with van der Waals surface area (Å²) in [5.41, 5.74) is 8.66. The molecule has 0 saturated heterocycles. The summed E-state index contributed by atoms with van der Waals surface area (Å²) in [6.07, 6.45) is 0. The van der Waals surface area contributed by atoms with Crippen molar-refractivity contribution in [2.75, 3.05) is 0 Å². The minimum absolute atomic E-state index is 0.0832. The number of hydrogen-bond donors (Lipinski definition) is 0. The standard InChI is InChI=1S/C20H13ClGe/c21-22-20-16-10-4-1-7-13(16)19(14-8-2-5-11-17(14)20)15-9-3-6-12-18(15)20/h1-12,19H. The Morgan fingerprint density at radius 1 is 0.636 bits per heavy atom. The summed E-state index contributed by atoms with van der Waals surface area (Å²) < 4.78 is -0.0832. The summed E-state index contributed by atoms with van der Waals surface area (Å²) in [5.74, 6) is 0.361. The zero-order chi connectivity index (χ0) is 14.7. The summed E-state index contributed by atoms with van der Waals surface area (Å²) in [6, 6.07) is 26.7. The predicted molar refractivity (Wildman–Crippen MR) is 91.8 cm³/mol. The van der Waals surface area contributed by atoms with E-state index in [1.165, 1.54) is 33.4 Å². The van der Waals surface area contributed by atoms with Crippen molar-refractivity contribution in [2.24, 2.45) is 0 Å². The van der Waals surface area contributed by atoms with Crippen molar-refractivity contribution in [2.45, 2.75) is 10.2 Å². The molecule has 22 heavy (non-hydrogen) atoms. The van der Waals surface area contributed by atoms with Gasteiger partial charge in [-0.1, -0.05) is 0 Å². The van der Waals surface area contributed by atoms with E-state index < -0.39 is 14.5 Å². The molecule has 0 aromatic heterocycles. The topological polar surface area (TPSA) is 0 Å². The van der Waals surface area contributed by atoms with Crippen LogP contribution in [0.15, 0.2) is 72.8 Å². The molecule has 0 aliphatic heterocycles. The van der Waals surface area contributed by atoms with Crippen LogP contribution >= 0.6 is 10.0 Å². The van der Waals surface area contributed by atoms with Gasteiger partial charge in [0.2, 0.25) is 0 Å². The average molecular weight is 361 g/mol. The Hall–Kier alpha value is -1.51. The van der Waals surface area contributed by atoms with Crippen molar-refractivity contribution in [3.8, 4) is 0 Å². The van der Waals surface area contributed by atoms with Crippen LogP contribution < -0.4 is 0 Å². The third-order valence-corrected chi connectivity index (χ3v) is 8.93. The number of rotatable bonds is 1. The van der Waals surface area contributed by atoms with Gasteiger partial charge in [0.1, 0.15) is 0 Å². The first-order valence-electron chi connectivity index (χ1n) is 7.54. The Morgan fingerprint density at radius 2 is 1.00 bits per heavy atom. The molecular weight excluding hydrogens is 348 g/mol. The second kappa shape index (κ2) is 4.50. The molecule has 0 saturated carbocycles. The summed E-state index contributed by atoms with van der Waals surface area (Å²) in [7, 11) is 6.77. The van der Waals surface area contributed by atoms with Crippen molar-refractivity contribution in [3.63, 3.8) is 0 Å². The molecule has 3 aromatic carbocycles. The SMILES string of the molecule is [Cl][Ge][C]12c3ccccc3C(c3ccccc31)c1ccccc12. The number of hydrogen-bond acceptors (Lipinski definition) is 0. The normalized spacial score (nSPS) is 23.6. The maximum absolute atomic E-state index is 6.77. The zero-order valence-corrected chi connectivity index (χ0v) is 14.7. The Morgan fingerprint density at radius 3 is 1.36 bits per heavy atom. The molecule has 3 aliphatic carbocycles. The van der Waals surface area contributed by atoms with Gasteiger partial charge < -0.3 is 0 Å². The molecule has 2 radical (unpaired) electrons. The fourth-order valence-corrected chi connectivity index (χ4v) is 8.02. The molecule has 0 amide bonds. The van der Waals surface area contributed by atoms with Crippen LogP contribution in [0, 0.1) is 0 Å². The second-order valence-corrected chi connectivity index (χ2v) is 8.99. The molecule has 0 fully saturated rings. The first kappa shape index (κ1) is 13.0. The molecule has 2 bridgehead atoms. The first-order valence-corrected chi connectivity index (χ1v) is 11.3. The molecule has 0 nitrogen and oxygen atoms in total. The van der Waals surface area contributed by atoms with Crippen molar-refractivity contribution >= 4 is 24.5 Å². The van der Waals surface area contributed by atoms with Crippen LogP contribution in [0.2, 0.25) is 0 Å². The Bertz CT molecular complexity index is 784. The quantitative estimate of drug-likeness (QED) is 0.554. The maximum atomic E-state index is 6.77. The molecule has 0 N–H and O–H groups in total.